The smallest absolute Gasteiger partial charge is 0.408 e. The molecule has 1 aromatic rings. The molecular formula is C12H16BrN3O4. The van der Waals surface area contributed by atoms with Crippen LogP contribution in [0.25, 0.3) is 0 Å². The molecule has 1 aromatic heterocycles. The third-order valence-corrected chi connectivity index (χ3v) is 2.50. The molecule has 1 amide bonds. The van der Waals surface area contributed by atoms with Gasteiger partial charge < -0.3 is 10.1 Å². The number of aromatic nitrogens is 1. The molecule has 0 saturated heterocycles. The zero-order chi connectivity index (χ0) is 15.4. The number of pyridine rings is 1. The second-order valence-electron chi connectivity index (χ2n) is 3.35. The minimum Gasteiger partial charge on any atom is -0.450 e. The fourth-order valence-corrected chi connectivity index (χ4v) is 1.54. The zero-order valence-electron chi connectivity index (χ0n) is 11.2. The summed E-state index contributed by atoms with van der Waals surface area (Å²) in [7, 11) is 0. The van der Waals surface area contributed by atoms with Crippen molar-refractivity contribution < 1.29 is 19.1 Å². The number of ether oxygens (including phenoxy) is 1. The predicted molar refractivity (Wildman–Crippen MR) is 73.5 cm³/mol. The van der Waals surface area contributed by atoms with Crippen molar-refractivity contribution in [3.05, 3.63) is 28.5 Å². The van der Waals surface area contributed by atoms with Crippen molar-refractivity contribution in [3.8, 4) is 0 Å². The van der Waals surface area contributed by atoms with E-state index in [2.05, 4.69) is 31.5 Å². The van der Waals surface area contributed by atoms with Crippen LogP contribution in [0.15, 0.2) is 22.9 Å². The van der Waals surface area contributed by atoms with E-state index in [1.54, 1.807) is 13.1 Å². The van der Waals surface area contributed by atoms with Crippen LogP contribution in [0.2, 0.25) is 0 Å². The second-order valence-corrected chi connectivity index (χ2v) is 4.17. The Labute approximate surface area is 125 Å². The summed E-state index contributed by atoms with van der Waals surface area (Å²) in [5.74, 6) is 0. The van der Waals surface area contributed by atoms with Crippen molar-refractivity contribution in [2.75, 3.05) is 13.2 Å². The largest absolute Gasteiger partial charge is 0.450 e. The van der Waals surface area contributed by atoms with Gasteiger partial charge in [-0.2, -0.15) is 9.59 Å². The normalized spacial score (nSPS) is 10.6. The molecule has 20 heavy (non-hydrogen) atoms. The average Bonchev–Trinajstić information content (AvgIpc) is 2.40. The molecule has 8 heteroatoms. The number of halogens is 1. The molecule has 0 saturated carbocycles. The summed E-state index contributed by atoms with van der Waals surface area (Å²) in [4.78, 5) is 31.7. The van der Waals surface area contributed by atoms with Crippen LogP contribution in [0.3, 0.4) is 0 Å². The first-order chi connectivity index (χ1) is 9.58. The molecule has 110 valence electrons. The number of amides is 1. The van der Waals surface area contributed by atoms with Crippen LogP contribution in [-0.2, 0) is 14.3 Å². The summed E-state index contributed by atoms with van der Waals surface area (Å²) in [6.45, 7) is 4.81. The molecule has 0 fully saturated rings. The summed E-state index contributed by atoms with van der Waals surface area (Å²) < 4.78 is 5.60. The fraction of sp³-hybridized carbons (Fsp3) is 0.417. The fourth-order valence-electron chi connectivity index (χ4n) is 1.30. The number of carbonyl (C=O) groups excluding carboxylic acids is 3. The molecule has 0 aliphatic heterocycles. The summed E-state index contributed by atoms with van der Waals surface area (Å²) in [5.41, 5.74) is 0.878. The SMILES string of the molecule is CCNC(NC(=O)OCC)c1ccc(Br)nc1.O=C=O. The molecule has 0 radical (unpaired) electrons. The first-order valence-corrected chi connectivity index (χ1v) is 6.65. The molecule has 0 aliphatic carbocycles. The van der Waals surface area contributed by atoms with Gasteiger partial charge in [0.1, 0.15) is 10.8 Å². The van der Waals surface area contributed by atoms with E-state index < -0.39 is 6.09 Å². The Balaban J connectivity index is 0.00000110. The van der Waals surface area contributed by atoms with Gasteiger partial charge in [-0.15, -0.1) is 0 Å². The lowest BCUT2D eigenvalue weighted by Crippen LogP contribution is -2.38. The third kappa shape index (κ3) is 7.63. The van der Waals surface area contributed by atoms with Gasteiger partial charge in [-0.1, -0.05) is 13.0 Å². The first kappa shape index (κ1) is 18.2. The number of rotatable bonds is 5. The Kier molecular flexibility index (Phi) is 10.1. The van der Waals surface area contributed by atoms with Crippen LogP contribution in [0, 0.1) is 0 Å². The van der Waals surface area contributed by atoms with E-state index in [1.165, 1.54) is 0 Å². The van der Waals surface area contributed by atoms with E-state index in [4.69, 9.17) is 14.3 Å². The topological polar surface area (TPSA) is 97.4 Å². The van der Waals surface area contributed by atoms with Crippen molar-refractivity contribution in [2.24, 2.45) is 0 Å². The van der Waals surface area contributed by atoms with Crippen molar-refractivity contribution in [1.82, 2.24) is 15.6 Å². The predicted octanol–water partition coefficient (Wildman–Crippen LogP) is 1.61. The molecule has 7 nitrogen and oxygen atoms in total. The molecule has 0 bridgehead atoms. The maximum absolute atomic E-state index is 11.4. The number of nitrogens with zero attached hydrogens (tertiary/aromatic N) is 1. The van der Waals surface area contributed by atoms with E-state index >= 15 is 0 Å². The number of alkyl carbamates (subject to hydrolysis) is 1. The summed E-state index contributed by atoms with van der Waals surface area (Å²) >= 11 is 3.27. The van der Waals surface area contributed by atoms with E-state index in [0.717, 1.165) is 16.7 Å². The molecule has 1 heterocycles. The van der Waals surface area contributed by atoms with Gasteiger partial charge in [-0.3, -0.25) is 5.32 Å². The van der Waals surface area contributed by atoms with Crippen LogP contribution in [0.4, 0.5) is 4.79 Å². The Hall–Kier alpha value is -1.76. The molecular weight excluding hydrogens is 330 g/mol. The Morgan fingerprint density at radius 3 is 2.55 bits per heavy atom. The number of hydrogen-bond acceptors (Lipinski definition) is 6. The Morgan fingerprint density at radius 1 is 1.45 bits per heavy atom. The lowest BCUT2D eigenvalue weighted by molar-refractivity contribution is -0.191. The summed E-state index contributed by atoms with van der Waals surface area (Å²) in [5, 5.41) is 5.87. The maximum Gasteiger partial charge on any atom is 0.408 e. The van der Waals surface area contributed by atoms with Gasteiger partial charge in [0.2, 0.25) is 0 Å². The maximum atomic E-state index is 11.4. The van der Waals surface area contributed by atoms with Crippen molar-refractivity contribution in [3.63, 3.8) is 0 Å². The highest BCUT2D eigenvalue weighted by molar-refractivity contribution is 9.10. The highest BCUT2D eigenvalue weighted by Crippen LogP contribution is 2.12. The Morgan fingerprint density at radius 2 is 2.10 bits per heavy atom. The Bertz CT molecular complexity index is 433. The highest BCUT2D eigenvalue weighted by Gasteiger charge is 2.13. The number of hydrogen-bond donors (Lipinski definition) is 2. The molecule has 0 aromatic carbocycles. The van der Waals surface area contributed by atoms with E-state index in [1.807, 2.05) is 19.1 Å². The monoisotopic (exact) mass is 345 g/mol. The standard InChI is InChI=1S/C11H16BrN3O2.CO2/c1-3-13-10(15-11(16)17-4-2)8-5-6-9(12)14-7-8;2-1-3/h5-7,10,13H,3-4H2,1-2H3,(H,15,16);. The lowest BCUT2D eigenvalue weighted by atomic mass is 10.2. The molecule has 0 spiro atoms. The molecule has 0 aliphatic rings. The summed E-state index contributed by atoms with van der Waals surface area (Å²) in [6.07, 6.45) is 1.21. The van der Waals surface area contributed by atoms with Crippen molar-refractivity contribution in [1.29, 1.82) is 0 Å². The van der Waals surface area contributed by atoms with Crippen LogP contribution in [0.1, 0.15) is 25.6 Å². The van der Waals surface area contributed by atoms with E-state index in [0.29, 0.717) is 6.61 Å². The van der Waals surface area contributed by atoms with Crippen molar-refractivity contribution >= 4 is 28.2 Å². The zero-order valence-corrected chi connectivity index (χ0v) is 12.8. The van der Waals surface area contributed by atoms with Gasteiger partial charge in [-0.25, -0.2) is 9.78 Å². The van der Waals surface area contributed by atoms with Crippen LogP contribution in [0.5, 0.6) is 0 Å². The van der Waals surface area contributed by atoms with Crippen molar-refractivity contribution in [2.45, 2.75) is 20.0 Å². The molecule has 1 unspecified atom stereocenters. The molecule has 2 N–H and O–H groups in total. The number of carbonyl (C=O) groups is 1. The van der Waals surface area contributed by atoms with Gasteiger partial charge in [0.05, 0.1) is 6.61 Å². The quantitative estimate of drug-likeness (QED) is 0.621. The second kappa shape index (κ2) is 11.1. The van der Waals surface area contributed by atoms with Gasteiger partial charge >= 0.3 is 12.2 Å². The van der Waals surface area contributed by atoms with Crippen LogP contribution < -0.4 is 10.6 Å². The highest BCUT2D eigenvalue weighted by atomic mass is 79.9. The molecule has 1 atom stereocenters. The average molecular weight is 346 g/mol. The van der Waals surface area contributed by atoms with Gasteiger partial charge in [0, 0.05) is 11.8 Å². The summed E-state index contributed by atoms with van der Waals surface area (Å²) in [6, 6.07) is 3.71. The van der Waals surface area contributed by atoms with E-state index in [9.17, 15) is 4.79 Å². The number of nitrogens with one attached hydrogen (secondary N) is 2. The third-order valence-electron chi connectivity index (χ3n) is 2.03. The first-order valence-electron chi connectivity index (χ1n) is 5.86. The van der Waals surface area contributed by atoms with Gasteiger partial charge in [-0.05, 0) is 35.5 Å². The minimum atomic E-state index is -0.443. The molecule has 1 rings (SSSR count). The van der Waals surface area contributed by atoms with Gasteiger partial charge in [0.15, 0.2) is 0 Å². The minimum absolute atomic E-state index is 0.250. The van der Waals surface area contributed by atoms with Crippen LogP contribution in [-0.4, -0.2) is 30.4 Å². The van der Waals surface area contributed by atoms with Gasteiger partial charge in [0.25, 0.3) is 0 Å². The van der Waals surface area contributed by atoms with Crippen LogP contribution >= 0.6 is 15.9 Å². The lowest BCUT2D eigenvalue weighted by Gasteiger charge is -2.19. The van der Waals surface area contributed by atoms with E-state index in [-0.39, 0.29) is 12.3 Å².